The molecule has 102 valence electrons. The van der Waals surface area contributed by atoms with Gasteiger partial charge in [0.2, 0.25) is 10.0 Å². The van der Waals surface area contributed by atoms with Crippen molar-refractivity contribution in [3.8, 4) is 0 Å². The first-order chi connectivity index (χ1) is 8.33. The van der Waals surface area contributed by atoms with E-state index in [0.717, 1.165) is 5.56 Å². The Morgan fingerprint density at radius 3 is 2.67 bits per heavy atom. The Bertz CT molecular complexity index is 498. The molecule has 1 atom stereocenters. The summed E-state index contributed by atoms with van der Waals surface area (Å²) in [5.74, 6) is 0. The number of aliphatic hydroxyl groups excluding tert-OH is 1. The summed E-state index contributed by atoms with van der Waals surface area (Å²) >= 11 is 0. The molecule has 0 spiro atoms. The first kappa shape index (κ1) is 14.9. The van der Waals surface area contributed by atoms with Crippen LogP contribution in [0.5, 0.6) is 0 Å². The number of anilines is 1. The van der Waals surface area contributed by atoms with E-state index in [4.69, 9.17) is 10.8 Å². The molecular weight excluding hydrogens is 252 g/mol. The molecule has 0 aliphatic heterocycles. The lowest BCUT2D eigenvalue weighted by atomic mass is 10.2. The van der Waals surface area contributed by atoms with E-state index >= 15 is 0 Å². The maximum atomic E-state index is 12.0. The predicted molar refractivity (Wildman–Crippen MR) is 71.7 cm³/mol. The SMILES string of the molecule is Cc1ccc(S(=O)(=O)NCCCC(C)O)c(N)c1. The van der Waals surface area contributed by atoms with E-state index in [-0.39, 0.29) is 10.6 Å². The van der Waals surface area contributed by atoms with Crippen molar-refractivity contribution in [2.45, 2.75) is 37.7 Å². The number of aryl methyl sites for hydroxylation is 1. The zero-order valence-electron chi connectivity index (χ0n) is 10.7. The quantitative estimate of drug-likeness (QED) is 0.532. The van der Waals surface area contributed by atoms with Crippen LogP contribution in [0.1, 0.15) is 25.3 Å². The van der Waals surface area contributed by atoms with Crippen LogP contribution in [0.2, 0.25) is 0 Å². The van der Waals surface area contributed by atoms with Crippen LogP contribution in [0.3, 0.4) is 0 Å². The van der Waals surface area contributed by atoms with Crippen LogP contribution >= 0.6 is 0 Å². The Labute approximate surface area is 108 Å². The molecule has 6 heteroatoms. The molecule has 0 heterocycles. The molecular formula is C12H20N2O3S. The summed E-state index contributed by atoms with van der Waals surface area (Å²) in [5.41, 5.74) is 6.87. The third kappa shape index (κ3) is 4.29. The largest absolute Gasteiger partial charge is 0.398 e. The zero-order valence-corrected chi connectivity index (χ0v) is 11.5. The second-order valence-electron chi connectivity index (χ2n) is 4.43. The van der Waals surface area contributed by atoms with Gasteiger partial charge in [0.15, 0.2) is 0 Å². The fraction of sp³-hybridized carbons (Fsp3) is 0.500. The number of sulfonamides is 1. The third-order valence-electron chi connectivity index (χ3n) is 2.55. The molecule has 1 aromatic rings. The molecule has 1 unspecified atom stereocenters. The van der Waals surface area contributed by atoms with E-state index < -0.39 is 16.1 Å². The molecule has 0 aliphatic rings. The highest BCUT2D eigenvalue weighted by Gasteiger charge is 2.16. The molecule has 0 amide bonds. The molecule has 0 bridgehead atoms. The van der Waals surface area contributed by atoms with Crippen LogP contribution in [-0.4, -0.2) is 26.2 Å². The Hall–Kier alpha value is -1.11. The van der Waals surface area contributed by atoms with Crippen molar-refractivity contribution < 1.29 is 13.5 Å². The minimum Gasteiger partial charge on any atom is -0.398 e. The van der Waals surface area contributed by atoms with Crippen molar-refractivity contribution in [1.29, 1.82) is 0 Å². The van der Waals surface area contributed by atoms with Crippen LogP contribution in [0, 0.1) is 6.92 Å². The Kier molecular flexibility index (Phi) is 5.13. The van der Waals surface area contributed by atoms with Crippen LogP contribution in [0.15, 0.2) is 23.1 Å². The van der Waals surface area contributed by atoms with Gasteiger partial charge in [-0.1, -0.05) is 6.07 Å². The van der Waals surface area contributed by atoms with Crippen LogP contribution in [0.25, 0.3) is 0 Å². The van der Waals surface area contributed by atoms with Gasteiger partial charge in [-0.15, -0.1) is 0 Å². The first-order valence-electron chi connectivity index (χ1n) is 5.87. The average Bonchev–Trinajstić information content (AvgIpc) is 2.23. The van der Waals surface area contributed by atoms with E-state index in [0.29, 0.717) is 19.4 Å². The number of rotatable bonds is 6. The summed E-state index contributed by atoms with van der Waals surface area (Å²) in [6.45, 7) is 3.82. The lowest BCUT2D eigenvalue weighted by molar-refractivity contribution is 0.182. The Morgan fingerprint density at radius 1 is 1.44 bits per heavy atom. The molecule has 1 aromatic carbocycles. The monoisotopic (exact) mass is 272 g/mol. The lowest BCUT2D eigenvalue weighted by Gasteiger charge is -2.10. The number of nitrogen functional groups attached to an aromatic ring is 1. The van der Waals surface area contributed by atoms with E-state index in [1.54, 1.807) is 19.1 Å². The molecule has 5 nitrogen and oxygen atoms in total. The maximum Gasteiger partial charge on any atom is 0.242 e. The van der Waals surface area contributed by atoms with Gasteiger partial charge in [0.05, 0.1) is 11.8 Å². The molecule has 0 saturated heterocycles. The van der Waals surface area contributed by atoms with Crippen molar-refractivity contribution in [3.05, 3.63) is 23.8 Å². The fourth-order valence-corrected chi connectivity index (χ4v) is 2.78. The Morgan fingerprint density at radius 2 is 2.11 bits per heavy atom. The third-order valence-corrected chi connectivity index (χ3v) is 4.08. The van der Waals surface area contributed by atoms with Crippen molar-refractivity contribution >= 4 is 15.7 Å². The number of hydrogen-bond donors (Lipinski definition) is 3. The van der Waals surface area contributed by atoms with Gasteiger partial charge in [-0.05, 0) is 44.4 Å². The highest BCUT2D eigenvalue weighted by Crippen LogP contribution is 2.19. The molecule has 18 heavy (non-hydrogen) atoms. The zero-order chi connectivity index (χ0) is 13.8. The normalized spacial score (nSPS) is 13.5. The summed E-state index contributed by atoms with van der Waals surface area (Å²) in [6, 6.07) is 4.84. The summed E-state index contributed by atoms with van der Waals surface area (Å²) in [6.07, 6.45) is 0.730. The number of nitrogens with one attached hydrogen (secondary N) is 1. The smallest absolute Gasteiger partial charge is 0.242 e. The Balaban J connectivity index is 2.69. The summed E-state index contributed by atoms with van der Waals surface area (Å²) in [5, 5.41) is 9.08. The molecule has 0 aromatic heterocycles. The van der Waals surface area contributed by atoms with Gasteiger partial charge in [0.1, 0.15) is 4.90 Å². The van der Waals surface area contributed by atoms with Crippen molar-refractivity contribution in [2.24, 2.45) is 0 Å². The summed E-state index contributed by atoms with van der Waals surface area (Å²) in [7, 11) is -3.56. The highest BCUT2D eigenvalue weighted by molar-refractivity contribution is 7.89. The topological polar surface area (TPSA) is 92.4 Å². The second-order valence-corrected chi connectivity index (χ2v) is 6.17. The van der Waals surface area contributed by atoms with E-state index in [9.17, 15) is 8.42 Å². The van der Waals surface area contributed by atoms with Gasteiger partial charge in [0.25, 0.3) is 0 Å². The molecule has 0 aliphatic carbocycles. The number of hydrogen-bond acceptors (Lipinski definition) is 4. The molecule has 0 fully saturated rings. The standard InChI is InChI=1S/C12H20N2O3S/c1-9-5-6-12(11(13)8-9)18(16,17)14-7-3-4-10(2)15/h5-6,8,10,14-15H,3-4,7,13H2,1-2H3. The van der Waals surface area contributed by atoms with Crippen molar-refractivity contribution in [3.63, 3.8) is 0 Å². The number of aliphatic hydroxyl groups is 1. The second kappa shape index (κ2) is 6.17. The highest BCUT2D eigenvalue weighted by atomic mass is 32.2. The van der Waals surface area contributed by atoms with Gasteiger partial charge in [0, 0.05) is 6.54 Å². The van der Waals surface area contributed by atoms with E-state index in [1.807, 2.05) is 6.92 Å². The van der Waals surface area contributed by atoms with Gasteiger partial charge >= 0.3 is 0 Å². The van der Waals surface area contributed by atoms with E-state index in [2.05, 4.69) is 4.72 Å². The fourth-order valence-electron chi connectivity index (χ4n) is 1.59. The van der Waals surface area contributed by atoms with Crippen LogP contribution < -0.4 is 10.5 Å². The number of nitrogens with two attached hydrogens (primary N) is 1. The maximum absolute atomic E-state index is 12.0. The molecule has 4 N–H and O–H groups in total. The minimum absolute atomic E-state index is 0.102. The van der Waals surface area contributed by atoms with Gasteiger partial charge in [-0.25, -0.2) is 13.1 Å². The van der Waals surface area contributed by atoms with Crippen molar-refractivity contribution in [1.82, 2.24) is 4.72 Å². The van der Waals surface area contributed by atoms with Crippen LogP contribution in [0.4, 0.5) is 5.69 Å². The van der Waals surface area contributed by atoms with Crippen molar-refractivity contribution in [2.75, 3.05) is 12.3 Å². The van der Waals surface area contributed by atoms with Gasteiger partial charge in [-0.3, -0.25) is 0 Å². The van der Waals surface area contributed by atoms with Gasteiger partial charge < -0.3 is 10.8 Å². The minimum atomic E-state index is -3.56. The summed E-state index contributed by atoms with van der Waals surface area (Å²) < 4.78 is 26.4. The summed E-state index contributed by atoms with van der Waals surface area (Å²) in [4.78, 5) is 0.102. The lowest BCUT2D eigenvalue weighted by Crippen LogP contribution is -2.26. The average molecular weight is 272 g/mol. The van der Waals surface area contributed by atoms with Gasteiger partial charge in [-0.2, -0.15) is 0 Å². The predicted octanol–water partition coefficient (Wildman–Crippen LogP) is 1.02. The molecule has 0 saturated carbocycles. The van der Waals surface area contributed by atoms with E-state index in [1.165, 1.54) is 6.07 Å². The number of benzene rings is 1. The first-order valence-corrected chi connectivity index (χ1v) is 7.35. The molecule has 1 rings (SSSR count). The molecule has 0 radical (unpaired) electrons. The van der Waals surface area contributed by atoms with Crippen LogP contribution in [-0.2, 0) is 10.0 Å².